The first-order valence-electron chi connectivity index (χ1n) is 9.21. The summed E-state index contributed by atoms with van der Waals surface area (Å²) in [5, 5.41) is 6.54. The first-order valence-corrected chi connectivity index (χ1v) is 9.21. The molecule has 0 aliphatic carbocycles. The third-order valence-electron chi connectivity index (χ3n) is 4.60. The van der Waals surface area contributed by atoms with Crippen molar-refractivity contribution in [3.8, 4) is 0 Å². The summed E-state index contributed by atoms with van der Waals surface area (Å²) in [6, 6.07) is 5.31. The lowest BCUT2D eigenvalue weighted by atomic mass is 10.1. The molecule has 1 saturated heterocycles. The Morgan fingerprint density at radius 3 is 2.33 bits per heavy atom. The van der Waals surface area contributed by atoms with Gasteiger partial charge in [0.25, 0.3) is 0 Å². The molecule has 1 aromatic carbocycles. The minimum Gasteiger partial charge on any atom is -0.356 e. The number of hydrogen-bond acceptors (Lipinski definition) is 2. The minimum absolute atomic E-state index is 0. The molecule has 1 aromatic rings. The first kappa shape index (κ1) is 24.0. The van der Waals surface area contributed by atoms with E-state index < -0.39 is 11.7 Å². The van der Waals surface area contributed by atoms with E-state index in [2.05, 4.69) is 27.4 Å². The second kappa shape index (κ2) is 11.7. The van der Waals surface area contributed by atoms with E-state index in [4.69, 9.17) is 0 Å². The van der Waals surface area contributed by atoms with E-state index in [9.17, 15) is 13.2 Å². The quantitative estimate of drug-likeness (QED) is 0.342. The molecule has 0 spiro atoms. The van der Waals surface area contributed by atoms with Crippen LogP contribution in [0.4, 0.5) is 13.2 Å². The van der Waals surface area contributed by atoms with Gasteiger partial charge in [0.15, 0.2) is 5.96 Å². The van der Waals surface area contributed by atoms with Crippen LogP contribution < -0.4 is 10.6 Å². The maximum absolute atomic E-state index is 12.6. The van der Waals surface area contributed by atoms with Crippen molar-refractivity contribution in [2.45, 2.75) is 32.4 Å². The Balaban J connectivity index is 0.00000364. The lowest BCUT2D eigenvalue weighted by Crippen LogP contribution is -2.42. The second-order valence-electron chi connectivity index (χ2n) is 6.94. The summed E-state index contributed by atoms with van der Waals surface area (Å²) in [5.74, 6) is 1.26. The molecule has 1 unspecified atom stereocenters. The van der Waals surface area contributed by atoms with Gasteiger partial charge >= 0.3 is 6.18 Å². The van der Waals surface area contributed by atoms with Gasteiger partial charge in [0.05, 0.1) is 5.56 Å². The lowest BCUT2D eigenvalue weighted by Gasteiger charge is -2.21. The predicted octanol–water partition coefficient (Wildman–Crippen LogP) is 3.76. The molecular weight excluding hydrogens is 468 g/mol. The van der Waals surface area contributed by atoms with Crippen molar-refractivity contribution in [1.29, 1.82) is 0 Å². The fourth-order valence-corrected chi connectivity index (χ4v) is 3.15. The van der Waals surface area contributed by atoms with Gasteiger partial charge in [0, 0.05) is 26.7 Å². The number of likely N-dealkylation sites (tertiary alicyclic amines) is 1. The molecule has 1 aliphatic heterocycles. The number of nitrogens with one attached hydrogen (secondary N) is 2. The van der Waals surface area contributed by atoms with Crippen LogP contribution in [0.3, 0.4) is 0 Å². The van der Waals surface area contributed by atoms with Gasteiger partial charge in [0.1, 0.15) is 0 Å². The normalized spacial score (nSPS) is 16.7. The average Bonchev–Trinajstić information content (AvgIpc) is 3.10. The van der Waals surface area contributed by atoms with Crippen LogP contribution in [0.2, 0.25) is 0 Å². The lowest BCUT2D eigenvalue weighted by molar-refractivity contribution is -0.137. The topological polar surface area (TPSA) is 39.7 Å². The number of nitrogens with zero attached hydrogens (tertiary/aromatic N) is 2. The Bertz CT molecular complexity index is 569. The van der Waals surface area contributed by atoms with Gasteiger partial charge in [-0.3, -0.25) is 4.99 Å². The highest BCUT2D eigenvalue weighted by Crippen LogP contribution is 2.29. The highest BCUT2D eigenvalue weighted by molar-refractivity contribution is 14.0. The van der Waals surface area contributed by atoms with Crippen LogP contribution in [0.15, 0.2) is 29.3 Å². The highest BCUT2D eigenvalue weighted by Gasteiger charge is 2.29. The summed E-state index contributed by atoms with van der Waals surface area (Å²) in [5.41, 5.74) is 0.252. The van der Waals surface area contributed by atoms with Gasteiger partial charge in [-0.15, -0.1) is 24.0 Å². The third kappa shape index (κ3) is 8.68. The van der Waals surface area contributed by atoms with Crippen molar-refractivity contribution in [3.63, 3.8) is 0 Å². The fourth-order valence-electron chi connectivity index (χ4n) is 3.15. The van der Waals surface area contributed by atoms with E-state index in [0.717, 1.165) is 36.7 Å². The van der Waals surface area contributed by atoms with Gasteiger partial charge < -0.3 is 15.5 Å². The van der Waals surface area contributed by atoms with Crippen LogP contribution in [0.25, 0.3) is 0 Å². The van der Waals surface area contributed by atoms with E-state index in [1.54, 1.807) is 7.05 Å². The van der Waals surface area contributed by atoms with Gasteiger partial charge in [-0.1, -0.05) is 19.1 Å². The maximum atomic E-state index is 12.6. The molecule has 8 heteroatoms. The predicted molar refractivity (Wildman–Crippen MR) is 115 cm³/mol. The number of alkyl halides is 3. The Labute approximate surface area is 177 Å². The molecule has 0 aromatic heterocycles. The first-order chi connectivity index (χ1) is 12.4. The Morgan fingerprint density at radius 1 is 1.15 bits per heavy atom. The summed E-state index contributed by atoms with van der Waals surface area (Å²) in [6.07, 6.45) is -1.04. The number of benzene rings is 1. The number of aliphatic imine (C=N–C) groups is 1. The smallest absolute Gasteiger partial charge is 0.356 e. The van der Waals surface area contributed by atoms with E-state index in [1.807, 2.05) is 0 Å². The van der Waals surface area contributed by atoms with E-state index >= 15 is 0 Å². The van der Waals surface area contributed by atoms with Crippen molar-refractivity contribution < 1.29 is 13.2 Å². The molecular formula is C19H30F3IN4. The third-order valence-corrected chi connectivity index (χ3v) is 4.60. The number of rotatable bonds is 7. The van der Waals surface area contributed by atoms with Gasteiger partial charge in [-0.2, -0.15) is 13.2 Å². The SMILES string of the molecule is CN=C(NCCc1ccc(C(F)(F)F)cc1)NCC(C)CN1CCCC1.I. The molecule has 0 saturated carbocycles. The molecule has 2 N–H and O–H groups in total. The van der Waals surface area contributed by atoms with Crippen LogP contribution in [0.5, 0.6) is 0 Å². The van der Waals surface area contributed by atoms with Crippen molar-refractivity contribution in [3.05, 3.63) is 35.4 Å². The zero-order valence-corrected chi connectivity index (χ0v) is 18.3. The molecule has 1 aliphatic rings. The fraction of sp³-hybridized carbons (Fsp3) is 0.632. The van der Waals surface area contributed by atoms with E-state index in [0.29, 0.717) is 18.9 Å². The molecule has 0 radical (unpaired) electrons. The highest BCUT2D eigenvalue weighted by atomic mass is 127. The van der Waals surface area contributed by atoms with Crippen LogP contribution in [-0.2, 0) is 12.6 Å². The Hall–Kier alpha value is -1.03. The zero-order valence-electron chi connectivity index (χ0n) is 16.0. The monoisotopic (exact) mass is 498 g/mol. The summed E-state index contributed by atoms with van der Waals surface area (Å²) in [4.78, 5) is 6.69. The number of halogens is 4. The largest absolute Gasteiger partial charge is 0.416 e. The number of guanidine groups is 1. The van der Waals surface area contributed by atoms with Crippen molar-refractivity contribution >= 4 is 29.9 Å². The zero-order chi connectivity index (χ0) is 19.0. The Kier molecular flexibility index (Phi) is 10.4. The summed E-state index contributed by atoms with van der Waals surface area (Å²) >= 11 is 0. The molecule has 2 rings (SSSR count). The Morgan fingerprint density at radius 2 is 1.78 bits per heavy atom. The molecule has 0 bridgehead atoms. The van der Waals surface area contributed by atoms with Crippen molar-refractivity contribution in [2.75, 3.05) is 39.8 Å². The van der Waals surface area contributed by atoms with Crippen LogP contribution in [-0.4, -0.2) is 50.6 Å². The molecule has 0 amide bonds. The number of hydrogen-bond donors (Lipinski definition) is 2. The molecule has 4 nitrogen and oxygen atoms in total. The van der Waals surface area contributed by atoms with Gasteiger partial charge in [-0.05, 0) is 56.0 Å². The van der Waals surface area contributed by atoms with Crippen LogP contribution >= 0.6 is 24.0 Å². The molecule has 154 valence electrons. The maximum Gasteiger partial charge on any atom is 0.416 e. The van der Waals surface area contributed by atoms with Gasteiger partial charge in [0.2, 0.25) is 0 Å². The van der Waals surface area contributed by atoms with Crippen LogP contribution in [0, 0.1) is 5.92 Å². The van der Waals surface area contributed by atoms with Crippen LogP contribution in [0.1, 0.15) is 30.9 Å². The van der Waals surface area contributed by atoms with Gasteiger partial charge in [-0.25, -0.2) is 0 Å². The summed E-state index contributed by atoms with van der Waals surface area (Å²) in [7, 11) is 1.72. The summed E-state index contributed by atoms with van der Waals surface area (Å²) in [6.45, 7) is 7.17. The molecule has 1 heterocycles. The van der Waals surface area contributed by atoms with E-state index in [-0.39, 0.29) is 24.0 Å². The minimum atomic E-state index is -4.28. The molecule has 27 heavy (non-hydrogen) atoms. The summed E-state index contributed by atoms with van der Waals surface area (Å²) < 4.78 is 37.7. The van der Waals surface area contributed by atoms with Crippen molar-refractivity contribution in [1.82, 2.24) is 15.5 Å². The van der Waals surface area contributed by atoms with Crippen molar-refractivity contribution in [2.24, 2.45) is 10.9 Å². The second-order valence-corrected chi connectivity index (χ2v) is 6.94. The standard InChI is InChI=1S/C19H29F3N4.HI/c1-15(14-26-11-3-4-12-26)13-25-18(23-2)24-10-9-16-5-7-17(8-6-16)19(20,21)22;/h5-8,15H,3-4,9-14H2,1-2H3,(H2,23,24,25);1H. The molecule has 1 atom stereocenters. The average molecular weight is 498 g/mol. The van der Waals surface area contributed by atoms with E-state index in [1.165, 1.54) is 38.1 Å². The molecule has 1 fully saturated rings.